The Morgan fingerprint density at radius 2 is 1.59 bits per heavy atom. The first-order valence-corrected chi connectivity index (χ1v) is 12.0. The van der Waals surface area contributed by atoms with Crippen molar-refractivity contribution in [2.75, 3.05) is 13.1 Å². The van der Waals surface area contributed by atoms with E-state index in [1.54, 1.807) is 0 Å². The number of rotatable bonds is 3. The number of benzene rings is 2. The van der Waals surface area contributed by atoms with Gasteiger partial charge in [-0.25, -0.2) is 4.98 Å². The van der Waals surface area contributed by atoms with E-state index in [1.807, 2.05) is 30.5 Å². The molecule has 3 heterocycles. The number of pyridine rings is 1. The third kappa shape index (κ3) is 4.22. The molecule has 1 fully saturated rings. The van der Waals surface area contributed by atoms with Crippen LogP contribution in [0.3, 0.4) is 0 Å². The Balaban J connectivity index is 1.59. The van der Waals surface area contributed by atoms with Gasteiger partial charge in [-0.15, -0.1) is 0 Å². The van der Waals surface area contributed by atoms with Crippen LogP contribution in [-0.2, 0) is 0 Å². The van der Waals surface area contributed by atoms with Crippen molar-refractivity contribution in [3.05, 3.63) is 71.9 Å². The van der Waals surface area contributed by atoms with E-state index in [0.717, 1.165) is 59.3 Å². The number of aromatic nitrogens is 3. The molecule has 0 atom stereocenters. The molecule has 2 aromatic heterocycles. The molecule has 5 heteroatoms. The molecule has 0 N–H and O–H groups in total. The first kappa shape index (κ1) is 22.3. The number of aryl methyl sites for hydroxylation is 1. The fourth-order valence-electron chi connectivity index (χ4n) is 4.92. The zero-order chi connectivity index (χ0) is 23.9. The van der Waals surface area contributed by atoms with Gasteiger partial charge in [0.1, 0.15) is 5.52 Å². The summed E-state index contributed by atoms with van der Waals surface area (Å²) in [6.45, 7) is 11.1. The van der Waals surface area contributed by atoms with E-state index in [9.17, 15) is 5.26 Å². The van der Waals surface area contributed by atoms with Crippen molar-refractivity contribution in [2.45, 2.75) is 52.1 Å². The lowest BCUT2D eigenvalue weighted by Crippen LogP contribution is -2.46. The van der Waals surface area contributed by atoms with Gasteiger partial charge >= 0.3 is 0 Å². The summed E-state index contributed by atoms with van der Waals surface area (Å²) in [6.07, 6.45) is 4.08. The van der Waals surface area contributed by atoms with Crippen LogP contribution in [0, 0.1) is 18.3 Å². The maximum atomic E-state index is 9.24. The van der Waals surface area contributed by atoms with Crippen LogP contribution in [0.4, 0.5) is 0 Å². The Hall–Kier alpha value is -3.49. The first-order chi connectivity index (χ1) is 16.3. The summed E-state index contributed by atoms with van der Waals surface area (Å²) in [5.74, 6) is 0. The molecule has 1 aliphatic rings. The van der Waals surface area contributed by atoms with Crippen molar-refractivity contribution in [3.63, 3.8) is 0 Å². The smallest absolute Gasteiger partial charge is 0.109 e. The van der Waals surface area contributed by atoms with Gasteiger partial charge in [0.05, 0.1) is 35.1 Å². The number of piperidine rings is 1. The SMILES string of the molecule is Cc1ccc(-c2nc3cnn(C4CCN(C(C)(C)C)CC4)c3cc2-c2ccc(C#N)cc2)cc1. The molecular formula is C29H31N5. The highest BCUT2D eigenvalue weighted by atomic mass is 15.3. The summed E-state index contributed by atoms with van der Waals surface area (Å²) in [5, 5.41) is 14.1. The Kier molecular flexibility index (Phi) is 5.71. The molecule has 0 unspecified atom stereocenters. The lowest BCUT2D eigenvalue weighted by atomic mass is 9.96. The number of nitriles is 1. The van der Waals surface area contributed by atoms with Gasteiger partial charge in [0.25, 0.3) is 0 Å². The second kappa shape index (κ2) is 8.70. The van der Waals surface area contributed by atoms with Crippen molar-refractivity contribution < 1.29 is 0 Å². The third-order valence-electron chi connectivity index (χ3n) is 6.99. The van der Waals surface area contributed by atoms with Gasteiger partial charge in [0, 0.05) is 29.8 Å². The van der Waals surface area contributed by atoms with Gasteiger partial charge < -0.3 is 0 Å². The van der Waals surface area contributed by atoms with Crippen molar-refractivity contribution in [1.82, 2.24) is 19.7 Å². The fraction of sp³-hybridized carbons (Fsp3) is 0.345. The molecule has 5 nitrogen and oxygen atoms in total. The molecular weight excluding hydrogens is 418 g/mol. The van der Waals surface area contributed by atoms with E-state index in [1.165, 1.54) is 5.56 Å². The molecule has 5 rings (SSSR count). The van der Waals surface area contributed by atoms with Crippen molar-refractivity contribution in [2.24, 2.45) is 0 Å². The molecule has 0 radical (unpaired) electrons. The summed E-state index contributed by atoms with van der Waals surface area (Å²) in [6, 6.07) is 21.1. The van der Waals surface area contributed by atoms with Crippen LogP contribution in [0.5, 0.6) is 0 Å². The van der Waals surface area contributed by atoms with Crippen molar-refractivity contribution in [1.29, 1.82) is 5.26 Å². The minimum absolute atomic E-state index is 0.199. The summed E-state index contributed by atoms with van der Waals surface area (Å²) in [5.41, 5.74) is 8.22. The van der Waals surface area contributed by atoms with E-state index in [0.29, 0.717) is 11.6 Å². The van der Waals surface area contributed by atoms with Crippen LogP contribution in [0.2, 0.25) is 0 Å². The quantitative estimate of drug-likeness (QED) is 0.364. The lowest BCUT2D eigenvalue weighted by molar-refractivity contribution is 0.0881. The summed E-state index contributed by atoms with van der Waals surface area (Å²) in [7, 11) is 0. The number of hydrogen-bond acceptors (Lipinski definition) is 4. The highest BCUT2D eigenvalue weighted by Gasteiger charge is 2.29. The summed E-state index contributed by atoms with van der Waals surface area (Å²) >= 11 is 0. The van der Waals surface area contributed by atoms with E-state index in [4.69, 9.17) is 10.1 Å². The molecule has 172 valence electrons. The predicted molar refractivity (Wildman–Crippen MR) is 137 cm³/mol. The number of hydrogen-bond donors (Lipinski definition) is 0. The molecule has 0 saturated carbocycles. The van der Waals surface area contributed by atoms with E-state index in [-0.39, 0.29) is 5.54 Å². The molecule has 4 aromatic rings. The van der Waals surface area contributed by atoms with E-state index in [2.05, 4.69) is 73.7 Å². The number of nitrogens with zero attached hydrogens (tertiary/aromatic N) is 5. The third-order valence-corrected chi connectivity index (χ3v) is 6.99. The van der Waals surface area contributed by atoms with Crippen LogP contribution in [0.1, 0.15) is 50.8 Å². The maximum Gasteiger partial charge on any atom is 0.109 e. The van der Waals surface area contributed by atoms with Gasteiger partial charge in [-0.3, -0.25) is 9.58 Å². The zero-order valence-electron chi connectivity index (χ0n) is 20.4. The van der Waals surface area contributed by atoms with Gasteiger partial charge in [-0.2, -0.15) is 10.4 Å². The Labute approximate surface area is 201 Å². The largest absolute Gasteiger partial charge is 0.298 e. The molecule has 34 heavy (non-hydrogen) atoms. The highest BCUT2D eigenvalue weighted by Crippen LogP contribution is 2.36. The van der Waals surface area contributed by atoms with Gasteiger partial charge in [0.15, 0.2) is 0 Å². The monoisotopic (exact) mass is 449 g/mol. The second-order valence-corrected chi connectivity index (χ2v) is 10.3. The van der Waals surface area contributed by atoms with Crippen molar-refractivity contribution >= 4 is 11.0 Å². The molecule has 0 spiro atoms. The molecule has 0 bridgehead atoms. The van der Waals surface area contributed by atoms with Crippen LogP contribution in [0.15, 0.2) is 60.8 Å². The Bertz CT molecular complexity index is 1340. The highest BCUT2D eigenvalue weighted by molar-refractivity contribution is 5.90. The van der Waals surface area contributed by atoms with Crippen molar-refractivity contribution in [3.8, 4) is 28.5 Å². The number of likely N-dealkylation sites (tertiary alicyclic amines) is 1. The first-order valence-electron chi connectivity index (χ1n) is 12.0. The van der Waals surface area contributed by atoms with Gasteiger partial charge in [-0.05, 0) is 64.3 Å². The predicted octanol–water partition coefficient (Wildman–Crippen LogP) is 6.38. The van der Waals surface area contributed by atoms with Gasteiger partial charge in [-0.1, -0.05) is 42.0 Å². The van der Waals surface area contributed by atoms with Crippen LogP contribution in [-0.4, -0.2) is 38.3 Å². The number of fused-ring (bicyclic) bond motifs is 1. The molecule has 1 aliphatic heterocycles. The minimum atomic E-state index is 0.199. The average Bonchev–Trinajstić information content (AvgIpc) is 3.26. The Morgan fingerprint density at radius 3 is 2.21 bits per heavy atom. The van der Waals surface area contributed by atoms with E-state index < -0.39 is 0 Å². The molecule has 0 amide bonds. The average molecular weight is 450 g/mol. The minimum Gasteiger partial charge on any atom is -0.298 e. The standard InChI is InChI=1S/C29H31N5/c1-20-5-9-23(10-6-20)28-25(22-11-7-21(18-30)8-12-22)17-27-26(32-28)19-31-34(27)24-13-15-33(16-14-24)29(2,3)4/h5-12,17,19,24H,13-16H2,1-4H3. The Morgan fingerprint density at radius 1 is 0.941 bits per heavy atom. The van der Waals surface area contributed by atoms with Crippen LogP contribution >= 0.6 is 0 Å². The second-order valence-electron chi connectivity index (χ2n) is 10.3. The lowest BCUT2D eigenvalue weighted by Gasteiger charge is -2.41. The summed E-state index contributed by atoms with van der Waals surface area (Å²) in [4.78, 5) is 7.67. The van der Waals surface area contributed by atoms with Crippen LogP contribution in [0.25, 0.3) is 33.4 Å². The van der Waals surface area contributed by atoms with E-state index >= 15 is 0 Å². The normalized spacial score (nSPS) is 15.5. The maximum absolute atomic E-state index is 9.24. The van der Waals surface area contributed by atoms with Crippen LogP contribution < -0.4 is 0 Å². The molecule has 2 aromatic carbocycles. The fourth-order valence-corrected chi connectivity index (χ4v) is 4.92. The zero-order valence-corrected chi connectivity index (χ0v) is 20.4. The molecule has 1 saturated heterocycles. The summed E-state index contributed by atoms with van der Waals surface area (Å²) < 4.78 is 2.19. The van der Waals surface area contributed by atoms with Gasteiger partial charge in [0.2, 0.25) is 0 Å². The molecule has 0 aliphatic carbocycles. The topological polar surface area (TPSA) is 57.7 Å².